The molecule has 0 bridgehead atoms. The zero-order valence-corrected chi connectivity index (χ0v) is 14.3. The number of fused-ring (bicyclic) bond motifs is 1. The number of likely N-dealkylation sites (tertiary alicyclic amines) is 1. The fourth-order valence-electron chi connectivity index (χ4n) is 3.21. The lowest BCUT2D eigenvalue weighted by Gasteiger charge is -2.32. The van der Waals surface area contributed by atoms with Gasteiger partial charge in [0.2, 0.25) is 0 Å². The van der Waals surface area contributed by atoms with E-state index in [1.807, 2.05) is 0 Å². The molecule has 26 heavy (non-hydrogen) atoms. The van der Waals surface area contributed by atoms with Crippen molar-refractivity contribution in [3.8, 4) is 0 Å². The van der Waals surface area contributed by atoms with Gasteiger partial charge in [0.1, 0.15) is 11.2 Å². The number of aromatic nitrogens is 4. The van der Waals surface area contributed by atoms with Crippen LogP contribution in [-0.2, 0) is 6.18 Å². The Bertz CT molecular complexity index is 937. The van der Waals surface area contributed by atoms with Crippen LogP contribution < -0.4 is 0 Å². The van der Waals surface area contributed by atoms with E-state index in [1.165, 1.54) is 17.4 Å². The molecular formula is C16H14F3N5OS. The molecule has 1 aromatic carbocycles. The Hall–Kier alpha value is -2.49. The number of benzene rings is 1. The van der Waals surface area contributed by atoms with Gasteiger partial charge in [-0.15, -0.1) is 16.4 Å². The van der Waals surface area contributed by atoms with Gasteiger partial charge in [-0.25, -0.2) is 9.67 Å². The van der Waals surface area contributed by atoms with Gasteiger partial charge in [0.05, 0.1) is 22.6 Å². The van der Waals surface area contributed by atoms with Gasteiger partial charge in [-0.05, 0) is 31.0 Å². The van der Waals surface area contributed by atoms with Crippen molar-refractivity contribution in [3.63, 3.8) is 0 Å². The van der Waals surface area contributed by atoms with Gasteiger partial charge < -0.3 is 4.90 Å². The predicted molar refractivity (Wildman–Crippen MR) is 88.8 cm³/mol. The summed E-state index contributed by atoms with van der Waals surface area (Å²) in [6, 6.07) is 3.29. The molecule has 1 amide bonds. The molecule has 10 heteroatoms. The molecule has 136 valence electrons. The molecule has 0 aliphatic carbocycles. The number of halogens is 3. The molecule has 1 saturated heterocycles. The number of hydrogen-bond donors (Lipinski definition) is 0. The summed E-state index contributed by atoms with van der Waals surface area (Å²) >= 11 is 1.36. The monoisotopic (exact) mass is 381 g/mol. The van der Waals surface area contributed by atoms with Crippen LogP contribution in [0.3, 0.4) is 0 Å². The minimum atomic E-state index is -4.42. The second kappa shape index (κ2) is 6.35. The van der Waals surface area contributed by atoms with Crippen molar-refractivity contribution in [2.45, 2.75) is 25.1 Å². The molecule has 0 spiro atoms. The third kappa shape index (κ3) is 3.05. The second-order valence-corrected chi connectivity index (χ2v) is 6.87. The summed E-state index contributed by atoms with van der Waals surface area (Å²) in [5.74, 6) is -0.139. The maximum absolute atomic E-state index is 12.8. The summed E-state index contributed by atoms with van der Waals surface area (Å²) in [5, 5.41) is 9.64. The van der Waals surface area contributed by atoms with Crippen LogP contribution in [0.15, 0.2) is 29.1 Å². The fraction of sp³-hybridized carbons (Fsp3) is 0.375. The van der Waals surface area contributed by atoms with Crippen LogP contribution in [-0.4, -0.2) is 43.9 Å². The average Bonchev–Trinajstić information content (AvgIpc) is 3.29. The number of piperidine rings is 1. The molecular weight excluding hydrogens is 367 g/mol. The van der Waals surface area contributed by atoms with E-state index in [-0.39, 0.29) is 17.5 Å². The minimum absolute atomic E-state index is 0.131. The molecule has 2 aromatic heterocycles. The largest absolute Gasteiger partial charge is 0.416 e. The predicted octanol–water partition coefficient (Wildman–Crippen LogP) is 3.38. The molecule has 0 unspecified atom stereocenters. The van der Waals surface area contributed by atoms with Crippen molar-refractivity contribution in [2.24, 2.45) is 0 Å². The third-order valence-corrected chi connectivity index (χ3v) is 5.07. The number of thiazole rings is 1. The lowest BCUT2D eigenvalue weighted by atomic mass is 10.0. The average molecular weight is 381 g/mol. The third-order valence-electron chi connectivity index (χ3n) is 4.48. The molecule has 0 radical (unpaired) electrons. The van der Waals surface area contributed by atoms with Gasteiger partial charge in [-0.3, -0.25) is 4.79 Å². The van der Waals surface area contributed by atoms with Crippen LogP contribution in [0, 0.1) is 0 Å². The Labute approximate surface area is 150 Å². The van der Waals surface area contributed by atoms with Gasteiger partial charge in [-0.1, -0.05) is 5.21 Å². The molecule has 4 rings (SSSR count). The first-order valence-electron chi connectivity index (χ1n) is 8.03. The molecule has 1 atom stereocenters. The molecule has 0 saturated carbocycles. The van der Waals surface area contributed by atoms with Crippen LogP contribution in [0.2, 0.25) is 0 Å². The topological polar surface area (TPSA) is 63.9 Å². The first-order chi connectivity index (χ1) is 12.4. The zero-order valence-electron chi connectivity index (χ0n) is 13.5. The first-order valence-corrected chi connectivity index (χ1v) is 8.97. The summed E-state index contributed by atoms with van der Waals surface area (Å²) in [6.07, 6.45) is -2.86. The van der Waals surface area contributed by atoms with E-state index in [9.17, 15) is 18.0 Å². The highest BCUT2D eigenvalue weighted by atomic mass is 32.1. The van der Waals surface area contributed by atoms with E-state index in [4.69, 9.17) is 0 Å². The highest BCUT2D eigenvalue weighted by Gasteiger charge is 2.32. The lowest BCUT2D eigenvalue weighted by Crippen LogP contribution is -2.41. The van der Waals surface area contributed by atoms with Gasteiger partial charge >= 0.3 is 6.18 Å². The highest BCUT2D eigenvalue weighted by molar-refractivity contribution is 7.07. The summed E-state index contributed by atoms with van der Waals surface area (Å²) in [5.41, 5.74) is 2.00. The van der Waals surface area contributed by atoms with Crippen molar-refractivity contribution < 1.29 is 18.0 Å². The van der Waals surface area contributed by atoms with Crippen LogP contribution in [0.4, 0.5) is 13.2 Å². The molecule has 1 fully saturated rings. The van der Waals surface area contributed by atoms with Crippen molar-refractivity contribution in [1.29, 1.82) is 0 Å². The summed E-state index contributed by atoms with van der Waals surface area (Å²) < 4.78 is 40.2. The molecule has 0 N–H and O–H groups in total. The van der Waals surface area contributed by atoms with Crippen LogP contribution in [0.25, 0.3) is 11.0 Å². The second-order valence-electron chi connectivity index (χ2n) is 6.16. The van der Waals surface area contributed by atoms with Crippen molar-refractivity contribution in [1.82, 2.24) is 24.9 Å². The Morgan fingerprint density at radius 1 is 1.31 bits per heavy atom. The fourth-order valence-corrected chi connectivity index (χ4v) is 3.73. The smallest absolute Gasteiger partial charge is 0.335 e. The summed E-state index contributed by atoms with van der Waals surface area (Å²) in [6.45, 7) is 1.05. The van der Waals surface area contributed by atoms with Crippen molar-refractivity contribution in [3.05, 3.63) is 40.3 Å². The van der Waals surface area contributed by atoms with Crippen LogP contribution in [0.1, 0.15) is 34.9 Å². The summed E-state index contributed by atoms with van der Waals surface area (Å²) in [4.78, 5) is 18.3. The van der Waals surface area contributed by atoms with Crippen molar-refractivity contribution >= 4 is 28.3 Å². The van der Waals surface area contributed by atoms with E-state index >= 15 is 0 Å². The Kier molecular flexibility index (Phi) is 4.14. The first kappa shape index (κ1) is 17.0. The van der Waals surface area contributed by atoms with Crippen LogP contribution in [0.5, 0.6) is 0 Å². The van der Waals surface area contributed by atoms with E-state index in [0.29, 0.717) is 24.3 Å². The number of hydrogen-bond acceptors (Lipinski definition) is 5. The standard InChI is InChI=1S/C16H14F3N5OS/c17-16(18,19)10-3-4-14-12(6-10)21-22-24(14)11-2-1-5-23(7-11)15(25)13-8-26-9-20-13/h3-4,6,8-9,11H,1-2,5,7H2/t11-/m1/s1. The maximum Gasteiger partial charge on any atom is 0.416 e. The van der Waals surface area contributed by atoms with Crippen molar-refractivity contribution in [2.75, 3.05) is 13.1 Å². The number of carbonyl (C=O) groups excluding carboxylic acids is 1. The number of rotatable bonds is 2. The Morgan fingerprint density at radius 2 is 2.15 bits per heavy atom. The normalized spacial score (nSPS) is 18.4. The van der Waals surface area contributed by atoms with Gasteiger partial charge in [-0.2, -0.15) is 13.2 Å². The van der Waals surface area contributed by atoms with Crippen LogP contribution >= 0.6 is 11.3 Å². The number of alkyl halides is 3. The SMILES string of the molecule is O=C(c1cscn1)N1CCC[C@@H](n2nnc3cc(C(F)(F)F)ccc32)C1. The van der Waals surface area contributed by atoms with Gasteiger partial charge in [0.15, 0.2) is 0 Å². The number of nitrogens with zero attached hydrogens (tertiary/aromatic N) is 5. The molecule has 6 nitrogen and oxygen atoms in total. The molecule has 3 aromatic rings. The van der Waals surface area contributed by atoms with E-state index in [0.717, 1.165) is 25.0 Å². The quantitative estimate of drug-likeness (QED) is 0.683. The minimum Gasteiger partial charge on any atom is -0.335 e. The number of carbonyl (C=O) groups is 1. The van der Waals surface area contributed by atoms with E-state index < -0.39 is 11.7 Å². The molecule has 1 aliphatic heterocycles. The number of amides is 1. The van der Waals surface area contributed by atoms with E-state index in [1.54, 1.807) is 20.5 Å². The molecule has 1 aliphatic rings. The highest BCUT2D eigenvalue weighted by Crippen LogP contribution is 2.32. The maximum atomic E-state index is 12.8. The Morgan fingerprint density at radius 3 is 2.88 bits per heavy atom. The van der Waals surface area contributed by atoms with Gasteiger partial charge in [0.25, 0.3) is 5.91 Å². The lowest BCUT2D eigenvalue weighted by molar-refractivity contribution is -0.137. The summed E-state index contributed by atoms with van der Waals surface area (Å²) in [7, 11) is 0. The van der Waals surface area contributed by atoms with Gasteiger partial charge in [0, 0.05) is 18.5 Å². The Balaban J connectivity index is 1.60. The molecule has 3 heterocycles. The van der Waals surface area contributed by atoms with E-state index in [2.05, 4.69) is 15.3 Å². The zero-order chi connectivity index (χ0) is 18.3.